The average molecular weight is 289 g/mol. The molecule has 0 spiro atoms. The number of halogens is 1. The van der Waals surface area contributed by atoms with Gasteiger partial charge in [0.1, 0.15) is 5.52 Å². The van der Waals surface area contributed by atoms with Gasteiger partial charge in [0.25, 0.3) is 0 Å². The van der Waals surface area contributed by atoms with Crippen molar-refractivity contribution in [2.45, 2.75) is 0 Å². The molecular weight excluding hydrogens is 280 g/mol. The molecule has 2 N–H and O–H groups in total. The standard InChI is InChI=1S/C13H9BrN2O/c14-10-6-9(15)7-11-12(10)17-13(16-11)8-4-2-1-3-5-8/h1-7H,15H2. The third-order valence-electron chi connectivity index (χ3n) is 2.49. The maximum Gasteiger partial charge on any atom is 0.227 e. The van der Waals surface area contributed by atoms with Crippen LogP contribution in [0.3, 0.4) is 0 Å². The average Bonchev–Trinajstić information content (AvgIpc) is 2.74. The summed E-state index contributed by atoms with van der Waals surface area (Å²) in [6.07, 6.45) is 0. The molecule has 1 heterocycles. The zero-order valence-corrected chi connectivity index (χ0v) is 10.4. The van der Waals surface area contributed by atoms with Gasteiger partial charge in [0, 0.05) is 11.3 Å². The summed E-state index contributed by atoms with van der Waals surface area (Å²) in [6.45, 7) is 0. The van der Waals surface area contributed by atoms with E-state index in [1.807, 2.05) is 36.4 Å². The summed E-state index contributed by atoms with van der Waals surface area (Å²) >= 11 is 3.42. The zero-order valence-electron chi connectivity index (χ0n) is 8.85. The molecule has 3 aromatic rings. The highest BCUT2D eigenvalue weighted by Crippen LogP contribution is 2.31. The molecule has 0 amide bonds. The van der Waals surface area contributed by atoms with Crippen LogP contribution in [0.25, 0.3) is 22.6 Å². The van der Waals surface area contributed by atoms with E-state index in [2.05, 4.69) is 20.9 Å². The van der Waals surface area contributed by atoms with Crippen molar-refractivity contribution in [3.8, 4) is 11.5 Å². The van der Waals surface area contributed by atoms with Crippen molar-refractivity contribution in [3.05, 3.63) is 46.9 Å². The number of anilines is 1. The third kappa shape index (κ3) is 1.80. The molecule has 84 valence electrons. The molecule has 1 aromatic heterocycles. The van der Waals surface area contributed by atoms with E-state index in [0.29, 0.717) is 11.6 Å². The molecule has 0 unspecified atom stereocenters. The Bertz CT molecular complexity index is 676. The van der Waals surface area contributed by atoms with E-state index in [1.165, 1.54) is 0 Å². The minimum absolute atomic E-state index is 0.604. The molecule has 0 saturated carbocycles. The van der Waals surface area contributed by atoms with Gasteiger partial charge >= 0.3 is 0 Å². The second-order valence-corrected chi connectivity index (χ2v) is 4.59. The van der Waals surface area contributed by atoms with Crippen LogP contribution in [0, 0.1) is 0 Å². The lowest BCUT2D eigenvalue weighted by atomic mass is 10.2. The molecule has 0 fully saturated rings. The number of hydrogen-bond acceptors (Lipinski definition) is 3. The summed E-state index contributed by atoms with van der Waals surface area (Å²) in [7, 11) is 0. The van der Waals surface area contributed by atoms with Crippen molar-refractivity contribution in [1.29, 1.82) is 0 Å². The number of rotatable bonds is 1. The van der Waals surface area contributed by atoms with E-state index in [4.69, 9.17) is 10.2 Å². The first-order valence-corrected chi connectivity index (χ1v) is 5.94. The molecule has 0 aliphatic rings. The smallest absolute Gasteiger partial charge is 0.227 e. The van der Waals surface area contributed by atoms with E-state index >= 15 is 0 Å². The number of nitrogens with two attached hydrogens (primary N) is 1. The van der Waals surface area contributed by atoms with E-state index in [-0.39, 0.29) is 0 Å². The Hall–Kier alpha value is -1.81. The predicted molar refractivity (Wildman–Crippen MR) is 71.6 cm³/mol. The number of benzene rings is 2. The number of fused-ring (bicyclic) bond motifs is 1. The Balaban J connectivity index is 2.24. The Kier molecular flexibility index (Phi) is 2.37. The van der Waals surface area contributed by atoms with Crippen molar-refractivity contribution in [2.24, 2.45) is 0 Å². The summed E-state index contributed by atoms with van der Waals surface area (Å²) in [6, 6.07) is 13.4. The zero-order chi connectivity index (χ0) is 11.8. The number of nitrogens with zero attached hydrogens (tertiary/aromatic N) is 1. The van der Waals surface area contributed by atoms with Crippen LogP contribution in [0.5, 0.6) is 0 Å². The minimum atomic E-state index is 0.604. The number of hydrogen-bond donors (Lipinski definition) is 1. The molecule has 2 aromatic carbocycles. The molecule has 3 nitrogen and oxygen atoms in total. The van der Waals surface area contributed by atoms with Gasteiger partial charge in [-0.3, -0.25) is 0 Å². The topological polar surface area (TPSA) is 52.0 Å². The lowest BCUT2D eigenvalue weighted by Gasteiger charge is -1.94. The highest BCUT2D eigenvalue weighted by Gasteiger charge is 2.10. The first kappa shape index (κ1) is 10.4. The van der Waals surface area contributed by atoms with Gasteiger partial charge in [-0.1, -0.05) is 18.2 Å². The second-order valence-electron chi connectivity index (χ2n) is 3.74. The van der Waals surface area contributed by atoms with Crippen LogP contribution < -0.4 is 5.73 Å². The number of aromatic nitrogens is 1. The van der Waals surface area contributed by atoms with Crippen LogP contribution in [-0.2, 0) is 0 Å². The van der Waals surface area contributed by atoms with Crippen LogP contribution in [0.2, 0.25) is 0 Å². The Morgan fingerprint density at radius 1 is 1.12 bits per heavy atom. The van der Waals surface area contributed by atoms with Gasteiger partial charge in [-0.25, -0.2) is 4.98 Å². The maximum atomic E-state index is 5.76. The van der Waals surface area contributed by atoms with E-state index in [9.17, 15) is 0 Å². The SMILES string of the molecule is Nc1cc(Br)c2oc(-c3ccccc3)nc2c1. The largest absolute Gasteiger partial charge is 0.435 e. The molecule has 3 rings (SSSR count). The van der Waals surface area contributed by atoms with Gasteiger partial charge in [0.05, 0.1) is 4.47 Å². The Morgan fingerprint density at radius 2 is 1.88 bits per heavy atom. The molecule has 0 aliphatic carbocycles. The third-order valence-corrected chi connectivity index (χ3v) is 3.08. The number of oxazole rings is 1. The van der Waals surface area contributed by atoms with Crippen molar-refractivity contribution in [3.63, 3.8) is 0 Å². The van der Waals surface area contributed by atoms with E-state index in [0.717, 1.165) is 21.1 Å². The maximum absolute atomic E-state index is 5.76. The highest BCUT2D eigenvalue weighted by atomic mass is 79.9. The normalized spacial score (nSPS) is 10.9. The van der Waals surface area contributed by atoms with Crippen LogP contribution in [0.4, 0.5) is 5.69 Å². The molecule has 0 atom stereocenters. The van der Waals surface area contributed by atoms with Gasteiger partial charge in [-0.15, -0.1) is 0 Å². The van der Waals surface area contributed by atoms with Crippen LogP contribution in [0.15, 0.2) is 51.4 Å². The van der Waals surface area contributed by atoms with Crippen LogP contribution in [0.1, 0.15) is 0 Å². The van der Waals surface area contributed by atoms with Gasteiger partial charge in [-0.2, -0.15) is 0 Å². The fourth-order valence-electron chi connectivity index (χ4n) is 1.72. The Morgan fingerprint density at radius 3 is 2.65 bits per heavy atom. The van der Waals surface area contributed by atoms with Crippen LogP contribution in [-0.4, -0.2) is 4.98 Å². The van der Waals surface area contributed by atoms with Gasteiger partial charge in [0.2, 0.25) is 5.89 Å². The molecule has 17 heavy (non-hydrogen) atoms. The molecule has 0 aliphatic heterocycles. The van der Waals surface area contributed by atoms with Crippen molar-refractivity contribution in [2.75, 3.05) is 5.73 Å². The molecule has 0 radical (unpaired) electrons. The van der Waals surface area contributed by atoms with Gasteiger partial charge in [-0.05, 0) is 40.2 Å². The summed E-state index contributed by atoms with van der Waals surface area (Å²) in [4.78, 5) is 4.43. The highest BCUT2D eigenvalue weighted by molar-refractivity contribution is 9.10. The minimum Gasteiger partial charge on any atom is -0.435 e. The lowest BCUT2D eigenvalue weighted by Crippen LogP contribution is -1.83. The monoisotopic (exact) mass is 288 g/mol. The lowest BCUT2D eigenvalue weighted by molar-refractivity contribution is 0.618. The molecule has 0 saturated heterocycles. The fourth-order valence-corrected chi connectivity index (χ4v) is 2.26. The molecule has 4 heteroatoms. The number of nitrogen functional groups attached to an aromatic ring is 1. The molecular formula is C13H9BrN2O. The first-order chi connectivity index (χ1) is 8.24. The van der Waals surface area contributed by atoms with Crippen molar-refractivity contribution in [1.82, 2.24) is 4.98 Å². The summed E-state index contributed by atoms with van der Waals surface area (Å²) in [5, 5.41) is 0. The van der Waals surface area contributed by atoms with Gasteiger partial charge in [0.15, 0.2) is 5.58 Å². The van der Waals surface area contributed by atoms with Gasteiger partial charge < -0.3 is 10.2 Å². The summed E-state index contributed by atoms with van der Waals surface area (Å²) in [5.41, 5.74) is 8.86. The summed E-state index contributed by atoms with van der Waals surface area (Å²) < 4.78 is 6.55. The predicted octanol–water partition coefficient (Wildman–Crippen LogP) is 3.84. The quantitative estimate of drug-likeness (QED) is 0.692. The molecule has 0 bridgehead atoms. The van der Waals surface area contributed by atoms with Crippen molar-refractivity contribution < 1.29 is 4.42 Å². The second kappa shape index (κ2) is 3.89. The fraction of sp³-hybridized carbons (Fsp3) is 0. The first-order valence-electron chi connectivity index (χ1n) is 5.15. The Labute approximate surface area is 106 Å². The van der Waals surface area contributed by atoms with E-state index < -0.39 is 0 Å². The van der Waals surface area contributed by atoms with Crippen LogP contribution >= 0.6 is 15.9 Å². The summed E-state index contributed by atoms with van der Waals surface area (Å²) in [5.74, 6) is 0.604. The van der Waals surface area contributed by atoms with E-state index in [1.54, 1.807) is 6.07 Å². The van der Waals surface area contributed by atoms with Crippen molar-refractivity contribution >= 4 is 32.7 Å².